The van der Waals surface area contributed by atoms with Crippen LogP contribution in [-0.2, 0) is 24.1 Å². The van der Waals surface area contributed by atoms with Gasteiger partial charge in [0.05, 0.1) is 41.1 Å². The van der Waals surface area contributed by atoms with Crippen molar-refractivity contribution in [2.45, 2.75) is 80.9 Å². The fraction of sp³-hybridized carbons (Fsp3) is 0.368. The van der Waals surface area contributed by atoms with Gasteiger partial charge >= 0.3 is 29.6 Å². The number of nitrogens with zero attached hydrogens (tertiary/aromatic N) is 9. The van der Waals surface area contributed by atoms with Gasteiger partial charge in [-0.2, -0.15) is 10.2 Å². The topological polar surface area (TPSA) is 172 Å². The van der Waals surface area contributed by atoms with Crippen LogP contribution >= 0.6 is 0 Å². The Balaban J connectivity index is 0.000000185. The van der Waals surface area contributed by atoms with Crippen molar-refractivity contribution in [1.29, 1.82) is 0 Å². The van der Waals surface area contributed by atoms with Crippen LogP contribution in [0.2, 0.25) is 0 Å². The van der Waals surface area contributed by atoms with Gasteiger partial charge in [0.1, 0.15) is 11.0 Å². The minimum Gasteiger partial charge on any atom is -0.870 e. The third-order valence-electron chi connectivity index (χ3n) is 10.3. The summed E-state index contributed by atoms with van der Waals surface area (Å²) in [5, 5.41) is 8.50. The smallest absolute Gasteiger partial charge is 0.870 e. The SMILES string of the molecule is Cn1cc(-c2c[nH]c3ncc(C4CCCCC4)nc23)cn1.Cn1cc(-c2cn(S(=O)(=O)c3ccccc3)c3ncc(C4CCCCC4)nc23)cn1.[Na+].[OH-]. The van der Waals surface area contributed by atoms with Crippen LogP contribution in [0.1, 0.15) is 87.4 Å². The summed E-state index contributed by atoms with van der Waals surface area (Å²) in [5.41, 5.74) is 8.57. The van der Waals surface area contributed by atoms with E-state index in [0.717, 1.165) is 57.6 Å². The minimum atomic E-state index is -3.80. The molecule has 6 heterocycles. The van der Waals surface area contributed by atoms with Crippen molar-refractivity contribution in [3.05, 3.63) is 91.3 Å². The van der Waals surface area contributed by atoms with Crippen molar-refractivity contribution >= 4 is 32.4 Å². The van der Waals surface area contributed by atoms with Crippen molar-refractivity contribution < 1.29 is 43.5 Å². The monoisotopic (exact) mass is 742 g/mol. The maximum absolute atomic E-state index is 13.4. The normalized spacial score (nSPS) is 15.4. The first-order valence-electron chi connectivity index (χ1n) is 17.9. The van der Waals surface area contributed by atoms with E-state index in [-0.39, 0.29) is 39.9 Å². The Hall–Kier alpha value is -4.21. The van der Waals surface area contributed by atoms with Crippen molar-refractivity contribution in [3.63, 3.8) is 0 Å². The predicted octanol–water partition coefficient (Wildman–Crippen LogP) is 4.35. The molecule has 2 saturated carbocycles. The number of aromatic nitrogens is 10. The molecule has 0 saturated heterocycles. The Morgan fingerprint density at radius 3 is 1.79 bits per heavy atom. The van der Waals surface area contributed by atoms with E-state index in [9.17, 15) is 8.42 Å². The summed E-state index contributed by atoms with van der Waals surface area (Å²) in [6.07, 6.45) is 27.1. The van der Waals surface area contributed by atoms with Crippen LogP contribution in [0.15, 0.2) is 84.8 Å². The fourth-order valence-corrected chi connectivity index (χ4v) is 8.85. The Labute approximate surface area is 331 Å². The fourth-order valence-electron chi connectivity index (χ4n) is 7.51. The molecule has 9 rings (SSSR count). The summed E-state index contributed by atoms with van der Waals surface area (Å²) >= 11 is 0. The molecular formula is C38H43N10NaO3S. The largest absolute Gasteiger partial charge is 1.00 e. The molecule has 2 aliphatic carbocycles. The van der Waals surface area contributed by atoms with E-state index in [0.29, 0.717) is 23.0 Å². The summed E-state index contributed by atoms with van der Waals surface area (Å²) in [6, 6.07) is 8.41. The molecule has 13 nitrogen and oxygen atoms in total. The van der Waals surface area contributed by atoms with Gasteiger partial charge in [-0.05, 0) is 37.8 Å². The van der Waals surface area contributed by atoms with Crippen LogP contribution < -0.4 is 29.6 Å². The van der Waals surface area contributed by atoms with Gasteiger partial charge in [0, 0.05) is 73.0 Å². The molecule has 0 aliphatic heterocycles. The molecule has 2 N–H and O–H groups in total. The number of aryl methyl sites for hydroxylation is 2. The summed E-state index contributed by atoms with van der Waals surface area (Å²) < 4.78 is 31.5. The first-order valence-corrected chi connectivity index (χ1v) is 19.3. The van der Waals surface area contributed by atoms with Gasteiger partial charge in [-0.3, -0.25) is 9.36 Å². The third kappa shape index (κ3) is 7.88. The van der Waals surface area contributed by atoms with Crippen molar-refractivity contribution in [2.75, 3.05) is 0 Å². The van der Waals surface area contributed by atoms with E-state index < -0.39 is 10.0 Å². The molecule has 1 aromatic carbocycles. The van der Waals surface area contributed by atoms with Crippen LogP contribution in [0.4, 0.5) is 0 Å². The molecular weight excluding hydrogens is 700 g/mol. The molecule has 53 heavy (non-hydrogen) atoms. The Morgan fingerprint density at radius 2 is 1.23 bits per heavy atom. The zero-order chi connectivity index (χ0) is 35.0. The van der Waals surface area contributed by atoms with E-state index in [4.69, 9.17) is 9.97 Å². The van der Waals surface area contributed by atoms with Gasteiger partial charge in [-0.25, -0.2) is 32.3 Å². The number of fused-ring (bicyclic) bond motifs is 2. The molecule has 2 fully saturated rings. The van der Waals surface area contributed by atoms with Gasteiger partial charge in [0.2, 0.25) is 0 Å². The van der Waals surface area contributed by atoms with Gasteiger partial charge in [0.15, 0.2) is 11.3 Å². The van der Waals surface area contributed by atoms with Gasteiger partial charge in [0.25, 0.3) is 10.0 Å². The quantitative estimate of drug-likeness (QED) is 0.243. The molecule has 0 atom stereocenters. The predicted molar refractivity (Wildman–Crippen MR) is 198 cm³/mol. The van der Waals surface area contributed by atoms with Gasteiger partial charge in [-0.15, -0.1) is 0 Å². The van der Waals surface area contributed by atoms with E-state index in [1.807, 2.05) is 49.8 Å². The molecule has 0 radical (unpaired) electrons. The van der Waals surface area contributed by atoms with Crippen LogP contribution in [0.5, 0.6) is 0 Å². The second-order valence-corrected chi connectivity index (χ2v) is 15.6. The first kappa shape index (κ1) is 38.5. The van der Waals surface area contributed by atoms with Gasteiger partial charge in [-0.1, -0.05) is 56.7 Å². The Kier molecular flexibility index (Phi) is 11.9. The second kappa shape index (κ2) is 16.4. The number of benzene rings is 1. The Bertz CT molecular complexity index is 2410. The molecule has 15 heteroatoms. The number of nitrogens with one attached hydrogen (secondary N) is 1. The number of aromatic amines is 1. The minimum absolute atomic E-state index is 0. The van der Waals surface area contributed by atoms with E-state index >= 15 is 0 Å². The molecule has 0 bridgehead atoms. The van der Waals surface area contributed by atoms with Gasteiger partial charge < -0.3 is 10.5 Å². The van der Waals surface area contributed by atoms with E-state index in [2.05, 4.69) is 25.1 Å². The average molecular weight is 743 g/mol. The maximum atomic E-state index is 13.4. The molecule has 0 unspecified atom stereocenters. The summed E-state index contributed by atoms with van der Waals surface area (Å²) in [6.45, 7) is 0. The van der Waals surface area contributed by atoms with Crippen LogP contribution in [0, 0.1) is 0 Å². The van der Waals surface area contributed by atoms with Crippen molar-refractivity contribution in [3.8, 4) is 22.3 Å². The zero-order valence-electron chi connectivity index (χ0n) is 30.4. The number of H-pyrrole nitrogens is 1. The standard InChI is InChI=1S/C22H23N5O2S.C16H19N5.Na.H2O/c1-26-14-17(12-24-26)19-15-27(30(28,29)18-10-6-3-7-11-18)22-21(19)25-20(13-23-22)16-8-4-2-5-9-16;1-21-10-12(7-19-21)13-8-17-16-15(13)20-14(9-18-16)11-5-3-2-4-6-11;;/h3,6-7,10-16H,2,4-5,8-9H2,1H3;7-11H,2-6H2,1H3,(H,17,18);;1H2/q;;+1;/p-1. The second-order valence-electron chi connectivity index (χ2n) is 13.8. The Morgan fingerprint density at radius 1 is 0.679 bits per heavy atom. The molecule has 270 valence electrons. The first-order chi connectivity index (χ1) is 24.8. The third-order valence-corrected chi connectivity index (χ3v) is 11.9. The zero-order valence-corrected chi connectivity index (χ0v) is 33.2. The average Bonchev–Trinajstić information content (AvgIpc) is 3.98. The molecule has 0 spiro atoms. The van der Waals surface area contributed by atoms with Crippen molar-refractivity contribution in [1.82, 2.24) is 48.5 Å². The van der Waals surface area contributed by atoms with Crippen molar-refractivity contribution in [2.24, 2.45) is 14.1 Å². The number of hydrogen-bond donors (Lipinski definition) is 1. The molecule has 2 aliphatic rings. The number of hydrogen-bond acceptors (Lipinski definition) is 9. The van der Waals surface area contributed by atoms with Crippen LogP contribution in [0.25, 0.3) is 44.6 Å². The molecule has 7 aromatic rings. The molecule has 0 amide bonds. The summed E-state index contributed by atoms with van der Waals surface area (Å²) in [4.78, 5) is 22.4. The van der Waals surface area contributed by atoms with Crippen LogP contribution in [-0.4, -0.2) is 62.3 Å². The van der Waals surface area contributed by atoms with E-state index in [1.54, 1.807) is 53.6 Å². The van der Waals surface area contributed by atoms with E-state index in [1.165, 1.54) is 55.3 Å². The maximum Gasteiger partial charge on any atom is 1.00 e. The number of rotatable bonds is 6. The molecule has 6 aromatic heterocycles. The summed E-state index contributed by atoms with van der Waals surface area (Å²) in [5.74, 6) is 0.957. The van der Waals surface area contributed by atoms with Crippen LogP contribution in [0.3, 0.4) is 0 Å². The summed E-state index contributed by atoms with van der Waals surface area (Å²) in [7, 11) is -0.0328.